The van der Waals surface area contributed by atoms with Gasteiger partial charge in [0.15, 0.2) is 5.82 Å². The summed E-state index contributed by atoms with van der Waals surface area (Å²) in [7, 11) is 0. The van der Waals surface area contributed by atoms with E-state index >= 15 is 0 Å². The molecule has 1 aliphatic heterocycles. The van der Waals surface area contributed by atoms with Crippen LogP contribution in [0.15, 0.2) is 30.3 Å². The van der Waals surface area contributed by atoms with E-state index < -0.39 is 17.6 Å². The first-order valence-electron chi connectivity index (χ1n) is 8.95. The number of hydrogen-bond acceptors (Lipinski definition) is 4. The predicted octanol–water partition coefficient (Wildman–Crippen LogP) is 3.44. The lowest BCUT2D eigenvalue weighted by Gasteiger charge is -2.18. The van der Waals surface area contributed by atoms with Crippen molar-refractivity contribution in [3.05, 3.63) is 53.1 Å². The van der Waals surface area contributed by atoms with Crippen LogP contribution in [0.1, 0.15) is 48.5 Å². The minimum atomic E-state index is -4.42. The monoisotopic (exact) mass is 394 g/mol. The number of nitrogens with zero attached hydrogens (tertiary/aromatic N) is 2. The third-order valence-electron chi connectivity index (χ3n) is 4.56. The Balaban J connectivity index is 1.58. The van der Waals surface area contributed by atoms with Gasteiger partial charge in [-0.2, -0.15) is 18.3 Å². The first-order chi connectivity index (χ1) is 13.3. The second-order valence-electron chi connectivity index (χ2n) is 6.65. The second-order valence-corrected chi connectivity index (χ2v) is 6.65. The first kappa shape index (κ1) is 20.1. The molecule has 1 amide bonds. The molecule has 0 radical (unpaired) electrons. The van der Waals surface area contributed by atoms with Crippen LogP contribution >= 0.6 is 0 Å². The Morgan fingerprint density at radius 1 is 1.36 bits per heavy atom. The van der Waals surface area contributed by atoms with Crippen molar-refractivity contribution in [1.29, 1.82) is 0 Å². The summed E-state index contributed by atoms with van der Waals surface area (Å²) in [6.07, 6.45) is -1.43. The molecular formula is C19H21F3N4O2. The second kappa shape index (κ2) is 8.55. The van der Waals surface area contributed by atoms with E-state index in [0.29, 0.717) is 36.0 Å². The van der Waals surface area contributed by atoms with E-state index in [1.54, 1.807) is 6.92 Å². The number of aromatic nitrogens is 3. The molecule has 0 bridgehead atoms. The number of carbonyl (C=O) groups excluding carboxylic acids is 1. The van der Waals surface area contributed by atoms with Gasteiger partial charge in [-0.05, 0) is 43.0 Å². The highest BCUT2D eigenvalue weighted by molar-refractivity contribution is 5.94. The van der Waals surface area contributed by atoms with Crippen LogP contribution < -0.4 is 5.32 Å². The van der Waals surface area contributed by atoms with Crippen molar-refractivity contribution in [2.75, 3.05) is 13.2 Å². The summed E-state index contributed by atoms with van der Waals surface area (Å²) in [6.45, 7) is 3.12. The van der Waals surface area contributed by atoms with Gasteiger partial charge in [0.2, 0.25) is 5.91 Å². The van der Waals surface area contributed by atoms with Gasteiger partial charge in [-0.15, -0.1) is 0 Å². The maximum atomic E-state index is 12.8. The van der Waals surface area contributed by atoms with E-state index in [9.17, 15) is 18.0 Å². The van der Waals surface area contributed by atoms with Gasteiger partial charge in [0.1, 0.15) is 5.82 Å². The van der Waals surface area contributed by atoms with E-state index in [0.717, 1.165) is 25.0 Å². The quantitative estimate of drug-likeness (QED) is 0.762. The molecule has 0 spiro atoms. The minimum Gasteiger partial charge on any atom is -0.381 e. The van der Waals surface area contributed by atoms with Crippen molar-refractivity contribution in [1.82, 2.24) is 20.5 Å². The van der Waals surface area contributed by atoms with Crippen LogP contribution in [0.25, 0.3) is 5.57 Å². The third-order valence-corrected chi connectivity index (χ3v) is 4.56. The maximum absolute atomic E-state index is 12.8. The summed E-state index contributed by atoms with van der Waals surface area (Å²) in [6, 6.07) is 4.87. The zero-order chi connectivity index (χ0) is 20.1. The molecule has 9 heteroatoms. The van der Waals surface area contributed by atoms with E-state index in [4.69, 9.17) is 4.74 Å². The summed E-state index contributed by atoms with van der Waals surface area (Å²) in [5, 5.41) is 9.66. The van der Waals surface area contributed by atoms with Crippen molar-refractivity contribution in [2.45, 2.75) is 38.4 Å². The fraction of sp³-hybridized carbons (Fsp3) is 0.421. The molecule has 2 heterocycles. The predicted molar refractivity (Wildman–Crippen MR) is 96.1 cm³/mol. The van der Waals surface area contributed by atoms with Crippen LogP contribution in [0.4, 0.5) is 13.2 Å². The average molecular weight is 394 g/mol. The smallest absolute Gasteiger partial charge is 0.381 e. The normalized spacial score (nSPS) is 16.2. The highest BCUT2D eigenvalue weighted by Crippen LogP contribution is 2.30. The summed E-state index contributed by atoms with van der Waals surface area (Å²) in [4.78, 5) is 16.5. The topological polar surface area (TPSA) is 79.9 Å². The number of carbonyl (C=O) groups is 1. The Morgan fingerprint density at radius 2 is 2.11 bits per heavy atom. The summed E-state index contributed by atoms with van der Waals surface area (Å²) in [5.74, 6) is 1.07. The number of alkyl halides is 3. The number of benzene rings is 1. The van der Waals surface area contributed by atoms with Crippen LogP contribution in [0, 0.1) is 0 Å². The molecule has 2 aromatic rings. The molecule has 6 nitrogen and oxygen atoms in total. The largest absolute Gasteiger partial charge is 0.416 e. The summed E-state index contributed by atoms with van der Waals surface area (Å²) < 4.78 is 43.8. The van der Waals surface area contributed by atoms with Gasteiger partial charge in [-0.1, -0.05) is 12.1 Å². The molecule has 3 rings (SSSR count). The van der Waals surface area contributed by atoms with Crippen molar-refractivity contribution in [2.24, 2.45) is 0 Å². The Kier molecular flexibility index (Phi) is 6.13. The van der Waals surface area contributed by atoms with E-state index in [-0.39, 0.29) is 12.5 Å². The number of allylic oxidation sites excluding steroid dienone is 1. The number of aromatic amines is 1. The lowest BCUT2D eigenvalue weighted by Crippen LogP contribution is -2.21. The number of nitrogens with one attached hydrogen (secondary N) is 2. The Labute approximate surface area is 160 Å². The van der Waals surface area contributed by atoms with Gasteiger partial charge >= 0.3 is 6.18 Å². The van der Waals surface area contributed by atoms with Gasteiger partial charge in [0.05, 0.1) is 12.1 Å². The number of rotatable bonds is 5. The molecular weight excluding hydrogens is 373 g/mol. The lowest BCUT2D eigenvalue weighted by molar-refractivity contribution is -0.137. The number of ether oxygens (including phenoxy) is 1. The molecule has 1 fully saturated rings. The molecule has 1 aromatic carbocycles. The molecule has 2 N–H and O–H groups in total. The molecule has 0 atom stereocenters. The number of hydrogen-bond donors (Lipinski definition) is 2. The summed E-state index contributed by atoms with van der Waals surface area (Å²) in [5.41, 5.74) is 0.0240. The molecule has 0 aliphatic carbocycles. The SMILES string of the molecule is C/C(=C\C(=O)NCc1nc(C2CCOCC2)n[nH]1)c1cccc(C(F)(F)F)c1. The van der Waals surface area contributed by atoms with E-state index in [1.165, 1.54) is 18.2 Å². The fourth-order valence-electron chi connectivity index (χ4n) is 2.97. The minimum absolute atomic E-state index is 0.154. The Bertz CT molecular complexity index is 855. The van der Waals surface area contributed by atoms with E-state index in [1.807, 2.05) is 0 Å². The molecule has 0 unspecified atom stereocenters. The highest BCUT2D eigenvalue weighted by Gasteiger charge is 2.30. The van der Waals surface area contributed by atoms with Gasteiger partial charge < -0.3 is 10.1 Å². The van der Waals surface area contributed by atoms with Crippen LogP contribution in [0.2, 0.25) is 0 Å². The highest BCUT2D eigenvalue weighted by atomic mass is 19.4. The van der Waals surface area contributed by atoms with Crippen molar-refractivity contribution in [3.63, 3.8) is 0 Å². The van der Waals surface area contributed by atoms with Crippen LogP contribution in [0.5, 0.6) is 0 Å². The Hall–Kier alpha value is -2.68. The molecule has 1 saturated heterocycles. The molecule has 150 valence electrons. The van der Waals surface area contributed by atoms with Crippen molar-refractivity contribution < 1.29 is 22.7 Å². The number of halogens is 3. The van der Waals surface area contributed by atoms with Crippen molar-refractivity contribution in [3.8, 4) is 0 Å². The molecule has 0 saturated carbocycles. The maximum Gasteiger partial charge on any atom is 0.416 e. The fourth-order valence-corrected chi connectivity index (χ4v) is 2.97. The third kappa shape index (κ3) is 5.19. The van der Waals surface area contributed by atoms with E-state index in [2.05, 4.69) is 20.5 Å². The molecule has 1 aromatic heterocycles. The number of amides is 1. The van der Waals surface area contributed by atoms with Crippen LogP contribution in [-0.4, -0.2) is 34.3 Å². The zero-order valence-electron chi connectivity index (χ0n) is 15.3. The van der Waals surface area contributed by atoms with Crippen LogP contribution in [0.3, 0.4) is 0 Å². The Morgan fingerprint density at radius 3 is 2.82 bits per heavy atom. The van der Waals surface area contributed by atoms with Gasteiger partial charge in [0.25, 0.3) is 0 Å². The molecule has 1 aliphatic rings. The first-order valence-corrected chi connectivity index (χ1v) is 8.95. The summed E-state index contributed by atoms with van der Waals surface area (Å²) >= 11 is 0. The molecule has 28 heavy (non-hydrogen) atoms. The zero-order valence-corrected chi connectivity index (χ0v) is 15.3. The lowest BCUT2D eigenvalue weighted by atomic mass is 10.00. The van der Waals surface area contributed by atoms with Crippen LogP contribution in [-0.2, 0) is 22.3 Å². The van der Waals surface area contributed by atoms with Gasteiger partial charge in [-0.25, -0.2) is 4.98 Å². The number of H-pyrrole nitrogens is 1. The van der Waals surface area contributed by atoms with Gasteiger partial charge in [-0.3, -0.25) is 9.89 Å². The van der Waals surface area contributed by atoms with Gasteiger partial charge in [0, 0.05) is 25.2 Å². The van der Waals surface area contributed by atoms with Crippen molar-refractivity contribution >= 4 is 11.5 Å². The average Bonchev–Trinajstić information content (AvgIpc) is 3.15. The standard InChI is InChI=1S/C19H21F3N4O2/c1-12(14-3-2-4-15(10-14)19(20,21)22)9-17(27)23-11-16-24-18(26-25-16)13-5-7-28-8-6-13/h2-4,9-10,13H,5-8,11H2,1H3,(H,23,27)(H,24,25,26)/b12-9+.